The number of hydrogen-bond acceptors (Lipinski definition) is 7. The van der Waals surface area contributed by atoms with Gasteiger partial charge in [-0.2, -0.15) is 8.78 Å². The van der Waals surface area contributed by atoms with Gasteiger partial charge in [0, 0.05) is 18.1 Å². The van der Waals surface area contributed by atoms with Gasteiger partial charge in [-0.25, -0.2) is 4.68 Å². The van der Waals surface area contributed by atoms with Crippen molar-refractivity contribution >= 4 is 28.6 Å². The fourth-order valence-electron chi connectivity index (χ4n) is 3.24. The third-order valence-electron chi connectivity index (χ3n) is 4.83. The number of carbonyl (C=O) groups excluding carboxylic acids is 1. The maximum Gasteiger partial charge on any atom is 0.387 e. The van der Waals surface area contributed by atoms with Gasteiger partial charge in [0.15, 0.2) is 6.61 Å². The largest absolute Gasteiger partial charge is 0.482 e. The number of methoxy groups -OCH3 is 1. The molecule has 0 atom stereocenters. The van der Waals surface area contributed by atoms with Crippen molar-refractivity contribution in [3.05, 3.63) is 64.8 Å². The minimum Gasteiger partial charge on any atom is -0.482 e. The highest BCUT2D eigenvalue weighted by molar-refractivity contribution is 7.07. The summed E-state index contributed by atoms with van der Waals surface area (Å²) in [6, 6.07) is 11.7. The topological polar surface area (TPSA) is 86.1 Å². The number of benzene rings is 2. The van der Waals surface area contributed by atoms with E-state index in [-0.39, 0.29) is 18.3 Å². The average Bonchev–Trinajstić information content (AvgIpc) is 3.21. The first-order valence-electron chi connectivity index (χ1n) is 10.2. The molecule has 0 fully saturated rings. The van der Waals surface area contributed by atoms with Gasteiger partial charge < -0.3 is 19.5 Å². The zero-order chi connectivity index (χ0) is 24.1. The van der Waals surface area contributed by atoms with E-state index in [4.69, 9.17) is 9.47 Å². The van der Waals surface area contributed by atoms with Crippen LogP contribution in [0.1, 0.15) is 5.56 Å². The lowest BCUT2D eigenvalue weighted by Crippen LogP contribution is -2.26. The van der Waals surface area contributed by atoms with Crippen molar-refractivity contribution in [2.75, 3.05) is 37.6 Å². The van der Waals surface area contributed by atoms with Gasteiger partial charge in [-0.15, -0.1) is 11.3 Å². The van der Waals surface area contributed by atoms with Gasteiger partial charge in [0.1, 0.15) is 11.5 Å². The van der Waals surface area contributed by atoms with Gasteiger partial charge in [0.25, 0.3) is 5.91 Å². The van der Waals surface area contributed by atoms with Crippen LogP contribution >= 0.6 is 11.3 Å². The molecule has 3 aromatic rings. The van der Waals surface area contributed by atoms with E-state index >= 15 is 0 Å². The van der Waals surface area contributed by atoms with Gasteiger partial charge in [-0.1, -0.05) is 6.58 Å². The fourth-order valence-corrected chi connectivity index (χ4v) is 4.12. The second-order valence-electron chi connectivity index (χ2n) is 7.15. The first-order valence-corrected chi connectivity index (χ1v) is 11.1. The highest BCUT2D eigenvalue weighted by Crippen LogP contribution is 2.33. The summed E-state index contributed by atoms with van der Waals surface area (Å²) in [5, 5.41) is 4.74. The lowest BCUT2D eigenvalue weighted by Gasteiger charge is -2.19. The number of halogens is 2. The number of carbonyl (C=O) groups is 1. The summed E-state index contributed by atoms with van der Waals surface area (Å²) in [6.07, 6.45) is 0. The van der Waals surface area contributed by atoms with Crippen molar-refractivity contribution in [1.82, 2.24) is 4.68 Å². The van der Waals surface area contributed by atoms with Gasteiger partial charge in [-0.05, 0) is 48.0 Å². The first kappa shape index (κ1) is 23.5. The number of hydrogen-bond donors (Lipinski definition) is 2. The molecule has 4 rings (SSSR count). The van der Waals surface area contributed by atoms with Crippen molar-refractivity contribution in [1.29, 1.82) is 0 Å². The molecule has 34 heavy (non-hydrogen) atoms. The van der Waals surface area contributed by atoms with Crippen LogP contribution in [0.3, 0.4) is 0 Å². The summed E-state index contributed by atoms with van der Waals surface area (Å²) in [7, 11) is 1.61. The molecule has 1 aliphatic heterocycles. The number of ether oxygens (including phenoxy) is 3. The molecule has 0 aliphatic carbocycles. The Morgan fingerprint density at radius 2 is 2.12 bits per heavy atom. The average molecular weight is 489 g/mol. The van der Waals surface area contributed by atoms with E-state index in [1.54, 1.807) is 30.0 Å². The molecule has 0 saturated heterocycles. The number of fused-ring (bicyclic) bond motifs is 1. The Hall–Kier alpha value is -3.70. The van der Waals surface area contributed by atoms with E-state index in [1.807, 2.05) is 17.5 Å². The van der Waals surface area contributed by atoms with Gasteiger partial charge in [-0.3, -0.25) is 15.2 Å². The van der Waals surface area contributed by atoms with Crippen LogP contribution in [0.2, 0.25) is 0 Å². The number of nitrogens with one attached hydrogen (secondary N) is 2. The summed E-state index contributed by atoms with van der Waals surface area (Å²) >= 11 is 1.42. The SMILES string of the molecule is C=C(Nn1c(-c2ccc3c(c2)NC(=O)CO3)csc1=NCCOC)c1ccc(OC(F)F)cc1. The smallest absolute Gasteiger partial charge is 0.387 e. The van der Waals surface area contributed by atoms with Gasteiger partial charge in [0.05, 0.1) is 30.2 Å². The first-order chi connectivity index (χ1) is 16.4. The van der Waals surface area contributed by atoms with E-state index in [2.05, 4.69) is 27.1 Å². The number of aromatic nitrogens is 1. The van der Waals surface area contributed by atoms with Crippen LogP contribution in [0.25, 0.3) is 17.0 Å². The third kappa shape index (κ3) is 5.43. The highest BCUT2D eigenvalue weighted by atomic mass is 32.1. The number of thiazole rings is 1. The molecule has 1 aliphatic rings. The zero-order valence-corrected chi connectivity index (χ0v) is 19.0. The molecule has 8 nitrogen and oxygen atoms in total. The molecule has 0 radical (unpaired) electrons. The van der Waals surface area contributed by atoms with Crippen LogP contribution in [0.4, 0.5) is 14.5 Å². The monoisotopic (exact) mass is 488 g/mol. The Labute approximate surface area is 198 Å². The molecule has 0 saturated carbocycles. The molecule has 178 valence electrons. The summed E-state index contributed by atoms with van der Waals surface area (Å²) < 4.78 is 41.6. The molecular formula is C23H22F2N4O4S. The van der Waals surface area contributed by atoms with E-state index in [0.29, 0.717) is 40.7 Å². The minimum absolute atomic E-state index is 0.0180. The molecule has 11 heteroatoms. The van der Waals surface area contributed by atoms with Gasteiger partial charge >= 0.3 is 6.61 Å². The molecule has 1 amide bonds. The molecule has 0 bridgehead atoms. The number of nitrogens with zero attached hydrogens (tertiary/aromatic N) is 2. The Morgan fingerprint density at radius 3 is 2.85 bits per heavy atom. The standard InChI is InChI=1S/C23H22F2N4O4S/c1-14(15-3-6-17(7-4-15)33-22(24)25)28-29-19(13-34-23(29)26-9-10-31-2)16-5-8-20-18(11-16)27-21(30)12-32-20/h3-8,11,13,22,28H,1,9-10,12H2,2H3,(H,27,30). The van der Waals surface area contributed by atoms with E-state index in [9.17, 15) is 13.6 Å². The van der Waals surface area contributed by atoms with Crippen LogP contribution in [0, 0.1) is 0 Å². The molecule has 2 heterocycles. The summed E-state index contributed by atoms with van der Waals surface area (Å²) in [5.41, 5.74) is 6.62. The number of anilines is 1. The molecule has 0 spiro atoms. The lowest BCUT2D eigenvalue weighted by molar-refractivity contribution is -0.118. The number of amides is 1. The van der Waals surface area contributed by atoms with Crippen molar-refractivity contribution in [2.45, 2.75) is 6.61 Å². The predicted molar refractivity (Wildman–Crippen MR) is 126 cm³/mol. The highest BCUT2D eigenvalue weighted by Gasteiger charge is 2.18. The maximum atomic E-state index is 12.4. The van der Waals surface area contributed by atoms with Crippen LogP contribution in [-0.4, -0.2) is 44.1 Å². The summed E-state index contributed by atoms with van der Waals surface area (Å²) in [6.45, 7) is 2.09. The van der Waals surface area contributed by atoms with E-state index < -0.39 is 6.61 Å². The lowest BCUT2D eigenvalue weighted by atomic mass is 10.1. The van der Waals surface area contributed by atoms with Crippen LogP contribution in [0.15, 0.2) is 59.4 Å². The van der Waals surface area contributed by atoms with Crippen LogP contribution in [0.5, 0.6) is 11.5 Å². The number of alkyl halides is 2. The van der Waals surface area contributed by atoms with Gasteiger partial charge in [0.2, 0.25) is 4.80 Å². The molecule has 0 unspecified atom stereocenters. The van der Waals surface area contributed by atoms with Crippen molar-refractivity contribution in [3.8, 4) is 22.8 Å². The minimum atomic E-state index is -2.89. The second kappa shape index (κ2) is 10.5. The fraction of sp³-hybridized carbons (Fsp3) is 0.217. The normalized spacial score (nSPS) is 13.3. The Morgan fingerprint density at radius 1 is 1.32 bits per heavy atom. The molecule has 2 N–H and O–H groups in total. The quantitative estimate of drug-likeness (QED) is 0.446. The number of rotatable bonds is 9. The second-order valence-corrected chi connectivity index (χ2v) is 7.99. The molecule has 1 aromatic heterocycles. The zero-order valence-electron chi connectivity index (χ0n) is 18.2. The van der Waals surface area contributed by atoms with Crippen LogP contribution < -0.4 is 25.0 Å². The Balaban J connectivity index is 1.66. The summed E-state index contributed by atoms with van der Waals surface area (Å²) in [5.74, 6) is 0.437. The summed E-state index contributed by atoms with van der Waals surface area (Å²) in [4.78, 5) is 17.0. The third-order valence-corrected chi connectivity index (χ3v) is 5.70. The van der Waals surface area contributed by atoms with Crippen LogP contribution in [-0.2, 0) is 9.53 Å². The van der Waals surface area contributed by atoms with Crippen molar-refractivity contribution in [2.24, 2.45) is 4.99 Å². The Kier molecular flexibility index (Phi) is 7.24. The van der Waals surface area contributed by atoms with E-state index in [1.165, 1.54) is 23.5 Å². The maximum absolute atomic E-state index is 12.4. The van der Waals surface area contributed by atoms with E-state index in [0.717, 1.165) is 11.3 Å². The molecule has 2 aromatic carbocycles. The predicted octanol–water partition coefficient (Wildman–Crippen LogP) is 3.91. The Bertz CT molecular complexity index is 1250. The molecular weight excluding hydrogens is 466 g/mol. The van der Waals surface area contributed by atoms with Crippen molar-refractivity contribution < 1.29 is 27.8 Å². The van der Waals surface area contributed by atoms with Crippen molar-refractivity contribution in [3.63, 3.8) is 0 Å².